The average Bonchev–Trinajstić information content (AvgIpc) is 4.09. The predicted octanol–water partition coefficient (Wildman–Crippen LogP) is 17.7. The van der Waals surface area contributed by atoms with Gasteiger partial charge in [-0.15, -0.1) is 0 Å². The van der Waals surface area contributed by atoms with Gasteiger partial charge < -0.3 is 13.9 Å². The Bertz CT molecular complexity index is 4090. The fourth-order valence-electron chi connectivity index (χ4n) is 11.9. The average molecular weight is 907 g/mol. The van der Waals surface area contributed by atoms with Crippen molar-refractivity contribution in [2.75, 3.05) is 4.90 Å². The van der Waals surface area contributed by atoms with Crippen molar-refractivity contribution in [3.8, 4) is 39.1 Å². The molecule has 3 nitrogen and oxygen atoms in total. The highest BCUT2D eigenvalue weighted by molar-refractivity contribution is 6.12. The summed E-state index contributed by atoms with van der Waals surface area (Å²) in [5.74, 6) is 0. The molecule has 0 amide bonds. The largest absolute Gasteiger partial charge is 0.456 e. The van der Waals surface area contributed by atoms with Crippen LogP contribution in [0, 0.1) is 0 Å². The minimum absolute atomic E-state index is 0.536. The molecular formula is C68H46N2O. The van der Waals surface area contributed by atoms with Crippen molar-refractivity contribution in [2.24, 2.45) is 0 Å². The summed E-state index contributed by atoms with van der Waals surface area (Å²) in [7, 11) is 0. The Kier molecular flexibility index (Phi) is 9.50. The Hall–Kier alpha value is -9.18. The number of nitrogens with zero attached hydrogens (tertiary/aromatic N) is 2. The Labute approximate surface area is 412 Å². The van der Waals surface area contributed by atoms with Crippen molar-refractivity contribution in [3.63, 3.8) is 0 Å². The maximum absolute atomic E-state index is 6.75. The molecule has 0 radical (unpaired) electrons. The van der Waals surface area contributed by atoms with Gasteiger partial charge in [0.25, 0.3) is 0 Å². The van der Waals surface area contributed by atoms with Gasteiger partial charge in [-0.2, -0.15) is 0 Å². The van der Waals surface area contributed by atoms with Crippen LogP contribution in [-0.2, 0) is 12.0 Å². The summed E-state index contributed by atoms with van der Waals surface area (Å²) in [5, 5.41) is 4.70. The van der Waals surface area contributed by atoms with E-state index in [1.807, 2.05) is 0 Å². The minimum atomic E-state index is -0.536. The van der Waals surface area contributed by atoms with Crippen LogP contribution in [0.3, 0.4) is 0 Å². The third-order valence-corrected chi connectivity index (χ3v) is 15.0. The molecule has 0 atom stereocenters. The SMILES string of the molecule is c1ccc(-c2ccccc2N(Cc2cccc3oc4ccc(-c5ccc6c(c5)c5ccccc5n6-c5ccccc5)cc4c23)c2ccc3c(c2)C(c2ccccc2)(c2ccccc2)c2ccccc2-3)cc1. The fraction of sp³-hybridized carbons (Fsp3) is 0.0294. The number of para-hydroxylation sites is 3. The van der Waals surface area contributed by atoms with E-state index < -0.39 is 5.41 Å². The second-order valence-electron chi connectivity index (χ2n) is 18.8. The van der Waals surface area contributed by atoms with Crippen LogP contribution in [0.1, 0.15) is 27.8 Å². The van der Waals surface area contributed by atoms with Gasteiger partial charge in [-0.25, -0.2) is 0 Å². The first-order valence-corrected chi connectivity index (χ1v) is 24.5. The number of anilines is 2. The maximum Gasteiger partial charge on any atom is 0.135 e. The first-order valence-electron chi connectivity index (χ1n) is 24.5. The van der Waals surface area contributed by atoms with Gasteiger partial charge >= 0.3 is 0 Å². The highest BCUT2D eigenvalue weighted by Crippen LogP contribution is 2.57. The molecule has 1 aliphatic rings. The normalized spacial score (nSPS) is 12.7. The lowest BCUT2D eigenvalue weighted by molar-refractivity contribution is 0.668. The van der Waals surface area contributed by atoms with Crippen LogP contribution in [0.4, 0.5) is 11.4 Å². The van der Waals surface area contributed by atoms with Gasteiger partial charge in [0.15, 0.2) is 0 Å². The van der Waals surface area contributed by atoms with E-state index in [9.17, 15) is 0 Å². The van der Waals surface area contributed by atoms with Crippen LogP contribution >= 0.6 is 0 Å². The summed E-state index contributed by atoms with van der Waals surface area (Å²) in [6.07, 6.45) is 0. The third kappa shape index (κ3) is 6.44. The molecule has 13 aromatic rings. The molecule has 334 valence electrons. The Morgan fingerprint density at radius 1 is 0.380 bits per heavy atom. The minimum Gasteiger partial charge on any atom is -0.456 e. The third-order valence-electron chi connectivity index (χ3n) is 15.0. The highest BCUT2D eigenvalue weighted by atomic mass is 16.3. The molecule has 2 aromatic heterocycles. The van der Waals surface area contributed by atoms with E-state index in [1.165, 1.54) is 77.4 Å². The van der Waals surface area contributed by atoms with Crippen LogP contribution in [0.2, 0.25) is 0 Å². The van der Waals surface area contributed by atoms with Crippen LogP contribution in [0.5, 0.6) is 0 Å². The molecule has 3 heteroatoms. The zero-order valence-corrected chi connectivity index (χ0v) is 38.9. The molecule has 0 aliphatic heterocycles. The number of benzene rings is 11. The second-order valence-corrected chi connectivity index (χ2v) is 18.8. The molecule has 71 heavy (non-hydrogen) atoms. The van der Waals surface area contributed by atoms with Crippen LogP contribution in [0.25, 0.3) is 82.8 Å². The van der Waals surface area contributed by atoms with Gasteiger partial charge in [0.2, 0.25) is 0 Å². The molecule has 11 aromatic carbocycles. The molecule has 0 N–H and O–H groups in total. The van der Waals surface area contributed by atoms with Gasteiger partial charge in [0.05, 0.1) is 16.4 Å². The van der Waals surface area contributed by atoms with Gasteiger partial charge in [-0.1, -0.05) is 200 Å². The molecule has 0 saturated carbocycles. The van der Waals surface area contributed by atoms with Crippen LogP contribution in [0.15, 0.2) is 271 Å². The van der Waals surface area contributed by atoms with Gasteiger partial charge in [-0.05, 0) is 122 Å². The van der Waals surface area contributed by atoms with E-state index in [-0.39, 0.29) is 0 Å². The van der Waals surface area contributed by atoms with Crippen molar-refractivity contribution < 1.29 is 4.42 Å². The standard InChI is InChI=1S/C68H46N2O/c1-5-20-46(21-6-1)54-29-14-17-33-62(54)69(53-38-39-56-55-30-13-16-32-60(55)68(61(56)44-53,50-23-7-2-8-24-50)51-25-9-3-10-26-51)45-49-22-19-35-66-67(49)59-43-48(37-41-65(59)71-66)47-36-40-64-58(42-47)57-31-15-18-34-63(57)70(64)52-27-11-4-12-28-52/h1-44H,45H2. The van der Waals surface area contributed by atoms with Gasteiger partial charge in [0.1, 0.15) is 11.2 Å². The molecule has 1 aliphatic carbocycles. The summed E-state index contributed by atoms with van der Waals surface area (Å²) in [6, 6.07) is 97.5. The number of aromatic nitrogens is 1. The van der Waals surface area contributed by atoms with Crippen molar-refractivity contribution in [1.82, 2.24) is 4.57 Å². The first-order chi connectivity index (χ1) is 35.2. The van der Waals surface area contributed by atoms with Crippen LogP contribution < -0.4 is 4.90 Å². The van der Waals surface area contributed by atoms with Crippen molar-refractivity contribution in [2.45, 2.75) is 12.0 Å². The maximum atomic E-state index is 6.75. The summed E-state index contributed by atoms with van der Waals surface area (Å²) in [6.45, 7) is 0.598. The van der Waals surface area contributed by atoms with E-state index in [4.69, 9.17) is 4.42 Å². The van der Waals surface area contributed by atoms with Gasteiger partial charge in [0, 0.05) is 50.7 Å². The molecule has 14 rings (SSSR count). The monoisotopic (exact) mass is 906 g/mol. The van der Waals surface area contributed by atoms with Gasteiger partial charge in [-0.3, -0.25) is 0 Å². The number of rotatable bonds is 9. The van der Waals surface area contributed by atoms with E-state index in [0.717, 1.165) is 44.6 Å². The molecule has 0 fully saturated rings. The second kappa shape index (κ2) is 16.5. The Balaban J connectivity index is 0.956. The topological polar surface area (TPSA) is 21.3 Å². The first kappa shape index (κ1) is 40.8. The lowest BCUT2D eigenvalue weighted by Crippen LogP contribution is -2.29. The molecule has 2 heterocycles. The van der Waals surface area contributed by atoms with E-state index >= 15 is 0 Å². The van der Waals surface area contributed by atoms with Crippen LogP contribution in [-0.4, -0.2) is 4.57 Å². The van der Waals surface area contributed by atoms with E-state index in [2.05, 4.69) is 276 Å². The number of hydrogen-bond donors (Lipinski definition) is 0. The number of hydrogen-bond acceptors (Lipinski definition) is 2. The van der Waals surface area contributed by atoms with Crippen molar-refractivity contribution in [1.29, 1.82) is 0 Å². The smallest absolute Gasteiger partial charge is 0.135 e. The molecule has 0 unspecified atom stereocenters. The Morgan fingerprint density at radius 3 is 1.76 bits per heavy atom. The summed E-state index contributed by atoms with van der Waals surface area (Å²) in [4.78, 5) is 2.53. The quantitative estimate of drug-likeness (QED) is 0.144. The van der Waals surface area contributed by atoms with Crippen molar-refractivity contribution in [3.05, 3.63) is 295 Å². The summed E-state index contributed by atoms with van der Waals surface area (Å²) >= 11 is 0. The molecule has 0 spiro atoms. The summed E-state index contributed by atoms with van der Waals surface area (Å²) < 4.78 is 9.12. The lowest BCUT2D eigenvalue weighted by atomic mass is 9.67. The number of fused-ring (bicyclic) bond motifs is 9. The molecule has 0 bridgehead atoms. The highest BCUT2D eigenvalue weighted by Gasteiger charge is 2.46. The number of furan rings is 1. The zero-order valence-electron chi connectivity index (χ0n) is 38.9. The lowest BCUT2D eigenvalue weighted by Gasteiger charge is -2.35. The molecular weight excluding hydrogens is 861 g/mol. The fourth-order valence-corrected chi connectivity index (χ4v) is 11.9. The van der Waals surface area contributed by atoms with E-state index in [1.54, 1.807) is 0 Å². The Morgan fingerprint density at radius 2 is 0.986 bits per heavy atom. The summed E-state index contributed by atoms with van der Waals surface area (Å²) in [5.41, 5.74) is 20.4. The molecule has 0 saturated heterocycles. The zero-order chi connectivity index (χ0) is 46.9. The predicted molar refractivity (Wildman–Crippen MR) is 295 cm³/mol. The van der Waals surface area contributed by atoms with Crippen molar-refractivity contribution >= 4 is 55.1 Å². The van der Waals surface area contributed by atoms with E-state index in [0.29, 0.717) is 6.54 Å².